The van der Waals surface area contributed by atoms with E-state index in [1.165, 1.54) is 11.1 Å². The van der Waals surface area contributed by atoms with Crippen LogP contribution in [0.25, 0.3) is 10.9 Å². The lowest BCUT2D eigenvalue weighted by molar-refractivity contribution is 0.276. The van der Waals surface area contributed by atoms with Crippen LogP contribution in [0.1, 0.15) is 22.7 Å². The second kappa shape index (κ2) is 7.11. The summed E-state index contributed by atoms with van der Waals surface area (Å²) in [6, 6.07) is 14.2. The molecular weight excluding hydrogens is 310 g/mol. The molecule has 0 bridgehead atoms. The van der Waals surface area contributed by atoms with Crippen molar-refractivity contribution in [3.63, 3.8) is 0 Å². The fourth-order valence-corrected chi connectivity index (χ4v) is 3.03. The summed E-state index contributed by atoms with van der Waals surface area (Å²) in [5, 5.41) is 14.5. The van der Waals surface area contributed by atoms with Gasteiger partial charge >= 0.3 is 0 Å². The smallest absolute Gasteiger partial charge is 0.0754 e. The minimum absolute atomic E-state index is 0.0194. The highest BCUT2D eigenvalue weighted by Gasteiger charge is 2.14. The van der Waals surface area contributed by atoms with Gasteiger partial charge in [-0.15, -0.1) is 0 Å². The summed E-state index contributed by atoms with van der Waals surface area (Å²) < 4.78 is 0. The minimum atomic E-state index is -0.174. The number of nitrogens with one attached hydrogen (secondary N) is 1. The van der Waals surface area contributed by atoms with Crippen LogP contribution in [0.4, 0.5) is 11.4 Å². The molecule has 0 aliphatic rings. The van der Waals surface area contributed by atoms with Crippen molar-refractivity contribution >= 4 is 22.3 Å². The molecule has 0 saturated heterocycles. The van der Waals surface area contributed by atoms with Crippen molar-refractivity contribution in [3.8, 4) is 0 Å². The minimum Gasteiger partial charge on any atom is -0.394 e. The number of rotatable bonds is 5. The molecule has 0 aliphatic carbocycles. The lowest BCUT2D eigenvalue weighted by Crippen LogP contribution is -2.16. The molecule has 4 nitrogen and oxygen atoms in total. The molecular formula is C21H25N3O. The number of benzene rings is 2. The van der Waals surface area contributed by atoms with Gasteiger partial charge in [0.25, 0.3) is 0 Å². The SMILES string of the molecule is Cc1ccc2c(N[C@@H](CO)c3cccc(N(C)C)c3)ccnc2c1C. The number of aliphatic hydroxyl groups excluding tert-OH is 1. The van der Waals surface area contributed by atoms with Gasteiger partial charge in [0.2, 0.25) is 0 Å². The van der Waals surface area contributed by atoms with E-state index in [1.807, 2.05) is 38.5 Å². The van der Waals surface area contributed by atoms with Crippen LogP contribution in [-0.4, -0.2) is 30.8 Å². The first-order valence-corrected chi connectivity index (χ1v) is 8.51. The Morgan fingerprint density at radius 2 is 1.92 bits per heavy atom. The van der Waals surface area contributed by atoms with Gasteiger partial charge in [0, 0.05) is 37.1 Å². The molecule has 2 N–H and O–H groups in total. The number of aryl methyl sites for hydroxylation is 2. The van der Waals surface area contributed by atoms with Crippen LogP contribution in [0.2, 0.25) is 0 Å². The molecule has 0 amide bonds. The predicted octanol–water partition coefficient (Wildman–Crippen LogP) is 4.06. The van der Waals surface area contributed by atoms with E-state index in [2.05, 4.69) is 53.3 Å². The van der Waals surface area contributed by atoms with Crippen LogP contribution >= 0.6 is 0 Å². The van der Waals surface area contributed by atoms with Crippen LogP contribution in [0, 0.1) is 13.8 Å². The Morgan fingerprint density at radius 1 is 1.12 bits per heavy atom. The molecule has 1 heterocycles. The van der Waals surface area contributed by atoms with E-state index >= 15 is 0 Å². The van der Waals surface area contributed by atoms with Gasteiger partial charge in [0.05, 0.1) is 18.2 Å². The second-order valence-electron chi connectivity index (χ2n) is 6.63. The molecule has 25 heavy (non-hydrogen) atoms. The summed E-state index contributed by atoms with van der Waals surface area (Å²) >= 11 is 0. The first-order valence-electron chi connectivity index (χ1n) is 8.51. The number of nitrogens with zero attached hydrogens (tertiary/aromatic N) is 2. The lowest BCUT2D eigenvalue weighted by atomic mass is 10.0. The summed E-state index contributed by atoms with van der Waals surface area (Å²) in [7, 11) is 4.03. The molecule has 2 aromatic carbocycles. The van der Waals surface area contributed by atoms with Gasteiger partial charge in [-0.3, -0.25) is 4.98 Å². The molecule has 0 unspecified atom stereocenters. The van der Waals surface area contributed by atoms with Gasteiger partial charge in [-0.1, -0.05) is 24.3 Å². The van der Waals surface area contributed by atoms with Gasteiger partial charge in [-0.05, 0) is 48.7 Å². The van der Waals surface area contributed by atoms with Crippen LogP contribution in [0.5, 0.6) is 0 Å². The highest BCUT2D eigenvalue weighted by molar-refractivity contribution is 5.93. The molecule has 3 rings (SSSR count). The van der Waals surface area contributed by atoms with E-state index in [0.717, 1.165) is 27.8 Å². The van der Waals surface area contributed by atoms with E-state index in [4.69, 9.17) is 0 Å². The highest BCUT2D eigenvalue weighted by atomic mass is 16.3. The van der Waals surface area contributed by atoms with Gasteiger partial charge in [0.15, 0.2) is 0 Å². The third-order valence-electron chi connectivity index (χ3n) is 4.74. The van der Waals surface area contributed by atoms with Crippen molar-refractivity contribution in [2.45, 2.75) is 19.9 Å². The van der Waals surface area contributed by atoms with Gasteiger partial charge in [-0.25, -0.2) is 0 Å². The van der Waals surface area contributed by atoms with Gasteiger partial charge in [-0.2, -0.15) is 0 Å². The van der Waals surface area contributed by atoms with Crippen molar-refractivity contribution in [1.82, 2.24) is 4.98 Å². The quantitative estimate of drug-likeness (QED) is 0.738. The zero-order chi connectivity index (χ0) is 18.0. The Bertz CT molecular complexity index is 889. The number of anilines is 2. The van der Waals surface area contributed by atoms with Gasteiger partial charge < -0.3 is 15.3 Å². The van der Waals surface area contributed by atoms with Crippen molar-refractivity contribution in [2.75, 3.05) is 30.9 Å². The molecule has 130 valence electrons. The van der Waals surface area contributed by atoms with E-state index in [1.54, 1.807) is 0 Å². The lowest BCUT2D eigenvalue weighted by Gasteiger charge is -2.21. The highest BCUT2D eigenvalue weighted by Crippen LogP contribution is 2.29. The predicted molar refractivity (Wildman–Crippen MR) is 105 cm³/mol. The fourth-order valence-electron chi connectivity index (χ4n) is 3.03. The molecule has 4 heteroatoms. The van der Waals surface area contributed by atoms with Crippen molar-refractivity contribution in [1.29, 1.82) is 0 Å². The number of aliphatic hydroxyl groups is 1. The topological polar surface area (TPSA) is 48.4 Å². The van der Waals surface area contributed by atoms with E-state index in [-0.39, 0.29) is 12.6 Å². The molecule has 3 aromatic rings. The Labute approximate surface area is 149 Å². The number of hydrogen-bond acceptors (Lipinski definition) is 4. The summed E-state index contributed by atoms with van der Waals surface area (Å²) in [5.41, 5.74) is 6.59. The molecule has 1 aromatic heterocycles. The van der Waals surface area contributed by atoms with Crippen LogP contribution < -0.4 is 10.2 Å². The number of pyridine rings is 1. The average molecular weight is 335 g/mol. The summed E-state index contributed by atoms with van der Waals surface area (Å²) in [6.45, 7) is 4.21. The number of hydrogen-bond donors (Lipinski definition) is 2. The van der Waals surface area contributed by atoms with E-state index < -0.39 is 0 Å². The third-order valence-corrected chi connectivity index (χ3v) is 4.74. The van der Waals surface area contributed by atoms with Crippen molar-refractivity contribution in [3.05, 3.63) is 65.4 Å². The standard InChI is InChI=1S/C21H25N3O/c1-14-8-9-18-19(10-11-22-21(18)15(14)2)23-20(13-25)16-6-5-7-17(12-16)24(3)4/h5-12,20,25H,13H2,1-4H3,(H,22,23)/t20-/m0/s1. The molecule has 0 fully saturated rings. The summed E-state index contributed by atoms with van der Waals surface area (Å²) in [6.07, 6.45) is 1.82. The van der Waals surface area contributed by atoms with Crippen molar-refractivity contribution in [2.24, 2.45) is 0 Å². The maximum absolute atomic E-state index is 9.95. The van der Waals surface area contributed by atoms with Gasteiger partial charge in [0.1, 0.15) is 0 Å². The molecule has 0 spiro atoms. The summed E-state index contributed by atoms with van der Waals surface area (Å²) in [5.74, 6) is 0. The maximum Gasteiger partial charge on any atom is 0.0754 e. The Kier molecular flexibility index (Phi) is 4.91. The molecule has 0 aliphatic heterocycles. The largest absolute Gasteiger partial charge is 0.394 e. The Morgan fingerprint density at radius 3 is 2.64 bits per heavy atom. The van der Waals surface area contributed by atoms with E-state index in [0.29, 0.717) is 0 Å². The zero-order valence-electron chi connectivity index (χ0n) is 15.2. The first kappa shape index (κ1) is 17.2. The van der Waals surface area contributed by atoms with E-state index in [9.17, 15) is 5.11 Å². The molecule has 0 radical (unpaired) electrons. The monoisotopic (exact) mass is 335 g/mol. The molecule has 1 atom stereocenters. The van der Waals surface area contributed by atoms with Crippen LogP contribution in [0.15, 0.2) is 48.7 Å². The Hall–Kier alpha value is -2.59. The Balaban J connectivity index is 1.99. The fraction of sp³-hybridized carbons (Fsp3) is 0.286. The number of aromatic nitrogens is 1. The summed E-state index contributed by atoms with van der Waals surface area (Å²) in [4.78, 5) is 6.60. The van der Waals surface area contributed by atoms with Crippen molar-refractivity contribution < 1.29 is 5.11 Å². The third kappa shape index (κ3) is 3.44. The average Bonchev–Trinajstić information content (AvgIpc) is 2.63. The maximum atomic E-state index is 9.95. The second-order valence-corrected chi connectivity index (χ2v) is 6.63. The van der Waals surface area contributed by atoms with Crippen LogP contribution in [0.3, 0.4) is 0 Å². The zero-order valence-corrected chi connectivity index (χ0v) is 15.2. The van der Waals surface area contributed by atoms with Crippen LogP contribution in [-0.2, 0) is 0 Å². The first-order chi connectivity index (χ1) is 12.0. The molecule has 0 saturated carbocycles. The number of fused-ring (bicyclic) bond motifs is 1. The normalized spacial score (nSPS) is 12.2.